The average Bonchev–Trinajstić information content (AvgIpc) is 2.80. The maximum atomic E-state index is 12.6. The lowest BCUT2D eigenvalue weighted by atomic mass is 9.99. The van der Waals surface area contributed by atoms with Crippen molar-refractivity contribution >= 4 is 11.5 Å². The summed E-state index contributed by atoms with van der Waals surface area (Å²) in [5.74, 6) is -0.365. The molecule has 1 heterocycles. The third-order valence-corrected chi connectivity index (χ3v) is 3.02. The average molecular weight is 258 g/mol. The third-order valence-electron chi connectivity index (χ3n) is 3.02. The molecule has 0 radical (unpaired) electrons. The molecule has 0 aliphatic carbocycles. The molecule has 1 aliphatic rings. The molecule has 1 aromatic carbocycles. The smallest absolute Gasteiger partial charge is 0.398 e. The van der Waals surface area contributed by atoms with Crippen LogP contribution in [0.5, 0.6) is 0 Å². The van der Waals surface area contributed by atoms with Crippen molar-refractivity contribution in [3.63, 3.8) is 0 Å². The first kappa shape index (κ1) is 12.9. The van der Waals surface area contributed by atoms with E-state index in [-0.39, 0.29) is 17.0 Å². The first-order valence-corrected chi connectivity index (χ1v) is 5.64. The third kappa shape index (κ3) is 2.48. The molecule has 18 heavy (non-hydrogen) atoms. The summed E-state index contributed by atoms with van der Waals surface area (Å²) in [4.78, 5) is 12.0. The molecule has 1 fully saturated rings. The summed E-state index contributed by atoms with van der Waals surface area (Å²) < 4.78 is 37.7. The highest BCUT2D eigenvalue weighted by atomic mass is 19.4. The van der Waals surface area contributed by atoms with E-state index in [2.05, 4.69) is 5.32 Å². The minimum absolute atomic E-state index is 0.0516. The molecule has 6 heteroatoms. The van der Waals surface area contributed by atoms with Gasteiger partial charge in [0.2, 0.25) is 0 Å². The fourth-order valence-electron chi connectivity index (χ4n) is 2.04. The number of carbonyl (C=O) groups is 1. The first-order valence-electron chi connectivity index (χ1n) is 5.64. The van der Waals surface area contributed by atoms with E-state index in [4.69, 9.17) is 5.73 Å². The van der Waals surface area contributed by atoms with Gasteiger partial charge in [0.25, 0.3) is 0 Å². The van der Waals surface area contributed by atoms with Crippen molar-refractivity contribution in [3.05, 3.63) is 29.3 Å². The quantitative estimate of drug-likeness (QED) is 0.631. The lowest BCUT2D eigenvalue weighted by Gasteiger charge is -2.13. The fourth-order valence-corrected chi connectivity index (χ4v) is 2.04. The van der Waals surface area contributed by atoms with Gasteiger partial charge in [-0.1, -0.05) is 0 Å². The first-order chi connectivity index (χ1) is 8.39. The minimum Gasteiger partial charge on any atom is -0.398 e. The number of anilines is 1. The largest absolute Gasteiger partial charge is 0.416 e. The molecule has 3 nitrogen and oxygen atoms in total. The second-order valence-electron chi connectivity index (χ2n) is 4.31. The van der Waals surface area contributed by atoms with Crippen molar-refractivity contribution in [1.29, 1.82) is 0 Å². The Morgan fingerprint density at radius 2 is 2.11 bits per heavy atom. The molecule has 0 saturated carbocycles. The molecule has 0 amide bonds. The molecule has 1 atom stereocenters. The van der Waals surface area contributed by atoms with Crippen LogP contribution in [-0.4, -0.2) is 18.4 Å². The van der Waals surface area contributed by atoms with Crippen LogP contribution in [0.3, 0.4) is 0 Å². The maximum absolute atomic E-state index is 12.6. The number of carbonyl (C=O) groups excluding carboxylic acids is 1. The number of nitrogens with two attached hydrogens (primary N) is 1. The molecule has 1 unspecified atom stereocenters. The maximum Gasteiger partial charge on any atom is 0.416 e. The van der Waals surface area contributed by atoms with Crippen LogP contribution in [0, 0.1) is 0 Å². The standard InChI is InChI=1S/C12H13F3N2O/c13-12(14,15)7-3-4-9(16)8(6-7)11(18)10-2-1-5-17-10/h3-4,6,10,17H,1-2,5,16H2. The Bertz CT molecular complexity index is 465. The molecule has 1 aromatic rings. The summed E-state index contributed by atoms with van der Waals surface area (Å²) in [5.41, 5.74) is 4.77. The highest BCUT2D eigenvalue weighted by Gasteiger charge is 2.32. The van der Waals surface area contributed by atoms with Gasteiger partial charge in [-0.05, 0) is 37.6 Å². The van der Waals surface area contributed by atoms with Gasteiger partial charge in [-0.3, -0.25) is 4.79 Å². The lowest BCUT2D eigenvalue weighted by Crippen LogP contribution is -2.31. The normalized spacial score (nSPS) is 20.1. The zero-order chi connectivity index (χ0) is 13.3. The van der Waals surface area contributed by atoms with E-state index in [0.29, 0.717) is 13.0 Å². The van der Waals surface area contributed by atoms with E-state index in [1.807, 2.05) is 0 Å². The van der Waals surface area contributed by atoms with Crippen LogP contribution in [0.2, 0.25) is 0 Å². The van der Waals surface area contributed by atoms with Gasteiger partial charge in [-0.25, -0.2) is 0 Å². The number of ketones is 1. The van der Waals surface area contributed by atoms with Crippen molar-refractivity contribution in [2.24, 2.45) is 0 Å². The van der Waals surface area contributed by atoms with Gasteiger partial charge in [0, 0.05) is 11.3 Å². The van der Waals surface area contributed by atoms with Crippen molar-refractivity contribution < 1.29 is 18.0 Å². The number of benzene rings is 1. The van der Waals surface area contributed by atoms with Crippen molar-refractivity contribution in [1.82, 2.24) is 5.32 Å². The van der Waals surface area contributed by atoms with E-state index in [9.17, 15) is 18.0 Å². The van der Waals surface area contributed by atoms with Crippen LogP contribution in [0.1, 0.15) is 28.8 Å². The Balaban J connectivity index is 2.34. The Hall–Kier alpha value is -1.56. The SMILES string of the molecule is Nc1ccc(C(F)(F)F)cc1C(=O)C1CCCN1. The minimum atomic E-state index is -4.47. The van der Waals surface area contributed by atoms with Crippen molar-refractivity contribution in [2.45, 2.75) is 25.1 Å². The number of nitrogen functional groups attached to an aromatic ring is 1. The van der Waals surface area contributed by atoms with Gasteiger partial charge in [0.15, 0.2) is 5.78 Å². The summed E-state index contributed by atoms with van der Waals surface area (Å²) >= 11 is 0. The van der Waals surface area contributed by atoms with Crippen LogP contribution < -0.4 is 11.1 Å². The van der Waals surface area contributed by atoms with Gasteiger partial charge in [0.1, 0.15) is 0 Å². The molecule has 1 aliphatic heterocycles. The second kappa shape index (κ2) is 4.61. The summed E-state index contributed by atoms with van der Waals surface area (Å²) in [6.07, 6.45) is -2.99. The van der Waals surface area contributed by atoms with Gasteiger partial charge in [0.05, 0.1) is 11.6 Å². The zero-order valence-electron chi connectivity index (χ0n) is 9.55. The van der Waals surface area contributed by atoms with Gasteiger partial charge >= 0.3 is 6.18 Å². The molecular weight excluding hydrogens is 245 g/mol. The molecule has 1 saturated heterocycles. The topological polar surface area (TPSA) is 55.1 Å². The fraction of sp³-hybridized carbons (Fsp3) is 0.417. The lowest BCUT2D eigenvalue weighted by molar-refractivity contribution is -0.137. The summed E-state index contributed by atoms with van der Waals surface area (Å²) in [7, 11) is 0. The van der Waals surface area contributed by atoms with Crippen molar-refractivity contribution in [2.75, 3.05) is 12.3 Å². The number of nitrogens with one attached hydrogen (secondary N) is 1. The number of alkyl halides is 3. The summed E-state index contributed by atoms with van der Waals surface area (Å²) in [6, 6.07) is 2.42. The van der Waals surface area contributed by atoms with Gasteiger partial charge in [-0.2, -0.15) is 13.2 Å². The predicted molar refractivity (Wildman–Crippen MR) is 61.2 cm³/mol. The highest BCUT2D eigenvalue weighted by molar-refractivity contribution is 6.04. The number of hydrogen-bond acceptors (Lipinski definition) is 3. The monoisotopic (exact) mass is 258 g/mol. The zero-order valence-corrected chi connectivity index (χ0v) is 9.55. The Morgan fingerprint density at radius 1 is 1.39 bits per heavy atom. The van der Waals surface area contributed by atoms with E-state index in [0.717, 1.165) is 24.6 Å². The van der Waals surface area contributed by atoms with E-state index in [1.165, 1.54) is 0 Å². The van der Waals surface area contributed by atoms with E-state index in [1.54, 1.807) is 0 Å². The van der Waals surface area contributed by atoms with Crippen LogP contribution in [0.25, 0.3) is 0 Å². The van der Waals surface area contributed by atoms with Crippen LogP contribution >= 0.6 is 0 Å². The van der Waals surface area contributed by atoms with Gasteiger partial charge in [-0.15, -0.1) is 0 Å². The molecule has 0 bridgehead atoms. The summed E-state index contributed by atoms with van der Waals surface area (Å²) in [5, 5.41) is 2.95. The predicted octanol–water partition coefficient (Wildman–Crippen LogP) is 2.22. The number of rotatable bonds is 2. The van der Waals surface area contributed by atoms with Gasteiger partial charge < -0.3 is 11.1 Å². The van der Waals surface area contributed by atoms with Crippen LogP contribution in [-0.2, 0) is 6.18 Å². The molecule has 98 valence electrons. The molecule has 2 rings (SSSR count). The van der Waals surface area contributed by atoms with Crippen molar-refractivity contribution in [3.8, 4) is 0 Å². The number of halogens is 3. The Morgan fingerprint density at radius 3 is 2.67 bits per heavy atom. The summed E-state index contributed by atoms with van der Waals surface area (Å²) in [6.45, 7) is 0.704. The van der Waals surface area contributed by atoms with E-state index >= 15 is 0 Å². The molecule has 0 aromatic heterocycles. The molecule has 3 N–H and O–H groups in total. The highest BCUT2D eigenvalue weighted by Crippen LogP contribution is 2.31. The number of hydrogen-bond donors (Lipinski definition) is 2. The molecule has 0 spiro atoms. The van der Waals surface area contributed by atoms with E-state index < -0.39 is 17.8 Å². The number of Topliss-reactive ketones (excluding diaryl/α,β-unsaturated/α-hetero) is 1. The Labute approximate surface area is 102 Å². The van der Waals surface area contributed by atoms with Crippen LogP contribution in [0.15, 0.2) is 18.2 Å². The second-order valence-corrected chi connectivity index (χ2v) is 4.31. The van der Waals surface area contributed by atoms with Crippen LogP contribution in [0.4, 0.5) is 18.9 Å². The Kier molecular flexibility index (Phi) is 3.30. The molecular formula is C12H13F3N2O.